The maximum atomic E-state index is 11.8. The van der Waals surface area contributed by atoms with E-state index in [1.54, 1.807) is 11.1 Å². The largest absolute Gasteiger partial charge is 0.309 e. The molecule has 5 heteroatoms. The molecular formula is C11H12Cl2N2O. The Morgan fingerprint density at radius 2 is 2.38 bits per heavy atom. The monoisotopic (exact) mass is 258 g/mol. The number of aromatic nitrogens is 1. The van der Waals surface area contributed by atoms with Gasteiger partial charge in [-0.3, -0.25) is 4.79 Å². The van der Waals surface area contributed by atoms with E-state index in [0.29, 0.717) is 29.7 Å². The van der Waals surface area contributed by atoms with Crippen LogP contribution in [-0.2, 0) is 4.79 Å². The summed E-state index contributed by atoms with van der Waals surface area (Å²) < 4.78 is 0. The third-order valence-corrected chi connectivity index (χ3v) is 3.40. The Kier molecular flexibility index (Phi) is 3.36. The van der Waals surface area contributed by atoms with Crippen molar-refractivity contribution in [1.29, 1.82) is 0 Å². The second-order valence-corrected chi connectivity index (χ2v) is 4.72. The molecule has 1 aliphatic heterocycles. The molecule has 2 rings (SSSR count). The molecule has 2 heterocycles. The third-order valence-electron chi connectivity index (χ3n) is 2.67. The molecule has 1 fully saturated rings. The number of hydrogen-bond donors (Lipinski definition) is 0. The van der Waals surface area contributed by atoms with Crippen molar-refractivity contribution >= 4 is 34.8 Å². The molecule has 0 N–H and O–H groups in total. The van der Waals surface area contributed by atoms with Crippen LogP contribution in [0.2, 0.25) is 5.15 Å². The van der Waals surface area contributed by atoms with Crippen LogP contribution < -0.4 is 4.90 Å². The molecule has 0 spiro atoms. The summed E-state index contributed by atoms with van der Waals surface area (Å²) in [4.78, 5) is 17.5. The Hall–Kier alpha value is -0.800. The Morgan fingerprint density at radius 3 is 3.00 bits per heavy atom. The highest BCUT2D eigenvalue weighted by molar-refractivity contribution is 6.32. The maximum Gasteiger partial charge on any atom is 0.227 e. The number of anilines is 1. The molecule has 86 valence electrons. The van der Waals surface area contributed by atoms with Crippen molar-refractivity contribution in [2.24, 2.45) is 5.92 Å². The lowest BCUT2D eigenvalue weighted by atomic mass is 10.1. The van der Waals surface area contributed by atoms with Gasteiger partial charge in [-0.2, -0.15) is 0 Å². The number of aryl methyl sites for hydroxylation is 1. The molecule has 1 aromatic rings. The summed E-state index contributed by atoms with van der Waals surface area (Å²) in [5.74, 6) is 0.782. The molecule has 1 unspecified atom stereocenters. The average Bonchev–Trinajstić information content (AvgIpc) is 2.63. The Morgan fingerprint density at radius 1 is 1.62 bits per heavy atom. The molecule has 0 saturated carbocycles. The van der Waals surface area contributed by atoms with Crippen LogP contribution in [0.4, 0.5) is 5.69 Å². The minimum absolute atomic E-state index is 0.0694. The summed E-state index contributed by atoms with van der Waals surface area (Å²) in [5, 5.41) is 0.370. The van der Waals surface area contributed by atoms with Crippen molar-refractivity contribution in [2.75, 3.05) is 17.3 Å². The van der Waals surface area contributed by atoms with Crippen LogP contribution in [0.15, 0.2) is 12.3 Å². The van der Waals surface area contributed by atoms with Gasteiger partial charge in [-0.15, -0.1) is 11.6 Å². The van der Waals surface area contributed by atoms with E-state index < -0.39 is 0 Å². The predicted octanol–water partition coefficient (Wildman–Crippen LogP) is 2.64. The number of pyridine rings is 1. The molecule has 1 amide bonds. The lowest BCUT2D eigenvalue weighted by Crippen LogP contribution is -2.25. The third kappa shape index (κ3) is 2.15. The van der Waals surface area contributed by atoms with E-state index in [2.05, 4.69) is 4.98 Å². The van der Waals surface area contributed by atoms with Gasteiger partial charge in [0.2, 0.25) is 5.91 Å². The van der Waals surface area contributed by atoms with Gasteiger partial charge >= 0.3 is 0 Å². The number of alkyl halides is 1. The lowest BCUT2D eigenvalue weighted by molar-refractivity contribution is -0.117. The van der Waals surface area contributed by atoms with Gasteiger partial charge in [-0.05, 0) is 24.5 Å². The van der Waals surface area contributed by atoms with E-state index in [1.165, 1.54) is 0 Å². The fraction of sp³-hybridized carbons (Fsp3) is 0.455. The van der Waals surface area contributed by atoms with Crippen LogP contribution in [0.3, 0.4) is 0 Å². The smallest absolute Gasteiger partial charge is 0.227 e. The SMILES string of the molecule is Cc1cnc(Cl)c(N2CC(CCl)CC2=O)c1. The van der Waals surface area contributed by atoms with E-state index >= 15 is 0 Å². The van der Waals surface area contributed by atoms with E-state index in [1.807, 2.05) is 13.0 Å². The molecule has 0 bridgehead atoms. The van der Waals surface area contributed by atoms with Gasteiger partial charge in [-0.25, -0.2) is 4.98 Å². The standard InChI is InChI=1S/C11H12Cl2N2O/c1-7-2-9(11(13)14-5-7)15-6-8(4-12)3-10(15)16/h2,5,8H,3-4,6H2,1H3. The quantitative estimate of drug-likeness (QED) is 0.604. The van der Waals surface area contributed by atoms with Gasteiger partial charge in [0.25, 0.3) is 0 Å². The van der Waals surface area contributed by atoms with Crippen LogP contribution in [-0.4, -0.2) is 23.3 Å². The first kappa shape index (κ1) is 11.7. The highest BCUT2D eigenvalue weighted by Crippen LogP contribution is 2.30. The summed E-state index contributed by atoms with van der Waals surface area (Å²) in [6.07, 6.45) is 2.18. The molecule has 1 saturated heterocycles. The van der Waals surface area contributed by atoms with Crippen molar-refractivity contribution < 1.29 is 4.79 Å². The van der Waals surface area contributed by atoms with Crippen LogP contribution in [0.25, 0.3) is 0 Å². The van der Waals surface area contributed by atoms with Gasteiger partial charge in [0, 0.05) is 25.0 Å². The number of halogens is 2. The zero-order valence-electron chi connectivity index (χ0n) is 8.91. The van der Waals surface area contributed by atoms with Gasteiger partial charge < -0.3 is 4.90 Å². The second kappa shape index (κ2) is 4.60. The van der Waals surface area contributed by atoms with E-state index in [9.17, 15) is 4.79 Å². The highest BCUT2D eigenvalue weighted by Gasteiger charge is 2.31. The van der Waals surface area contributed by atoms with Crippen molar-refractivity contribution in [1.82, 2.24) is 4.98 Å². The van der Waals surface area contributed by atoms with Gasteiger partial charge in [0.1, 0.15) is 0 Å². The Labute approximate surface area is 104 Å². The minimum Gasteiger partial charge on any atom is -0.309 e. The van der Waals surface area contributed by atoms with Crippen molar-refractivity contribution in [3.05, 3.63) is 23.0 Å². The highest BCUT2D eigenvalue weighted by atomic mass is 35.5. The molecular weight excluding hydrogens is 247 g/mol. The van der Waals surface area contributed by atoms with Crippen LogP contribution in [0.5, 0.6) is 0 Å². The minimum atomic E-state index is 0.0694. The number of hydrogen-bond acceptors (Lipinski definition) is 2. The van der Waals surface area contributed by atoms with Crippen LogP contribution >= 0.6 is 23.2 Å². The molecule has 1 aromatic heterocycles. The Balaban J connectivity index is 2.30. The normalized spacial score (nSPS) is 20.6. The van der Waals surface area contributed by atoms with Gasteiger partial charge in [-0.1, -0.05) is 11.6 Å². The zero-order valence-corrected chi connectivity index (χ0v) is 10.4. The molecule has 0 aliphatic carbocycles. The number of carbonyl (C=O) groups is 1. The number of carbonyl (C=O) groups excluding carboxylic acids is 1. The van der Waals surface area contributed by atoms with Gasteiger partial charge in [0.15, 0.2) is 5.15 Å². The number of amides is 1. The van der Waals surface area contributed by atoms with Crippen molar-refractivity contribution in [3.8, 4) is 0 Å². The topological polar surface area (TPSA) is 33.2 Å². The van der Waals surface area contributed by atoms with E-state index in [-0.39, 0.29) is 11.8 Å². The maximum absolute atomic E-state index is 11.8. The number of rotatable bonds is 2. The van der Waals surface area contributed by atoms with Crippen molar-refractivity contribution in [3.63, 3.8) is 0 Å². The van der Waals surface area contributed by atoms with Gasteiger partial charge in [0.05, 0.1) is 5.69 Å². The molecule has 1 atom stereocenters. The first-order chi connectivity index (χ1) is 7.61. The van der Waals surface area contributed by atoms with Crippen LogP contribution in [0, 0.1) is 12.8 Å². The number of nitrogens with zero attached hydrogens (tertiary/aromatic N) is 2. The summed E-state index contributed by atoms with van der Waals surface area (Å²) in [6, 6.07) is 1.88. The first-order valence-corrected chi connectivity index (χ1v) is 6.01. The fourth-order valence-electron chi connectivity index (χ4n) is 1.84. The molecule has 3 nitrogen and oxygen atoms in total. The fourth-order valence-corrected chi connectivity index (χ4v) is 2.26. The first-order valence-electron chi connectivity index (χ1n) is 5.10. The van der Waals surface area contributed by atoms with Crippen LogP contribution in [0.1, 0.15) is 12.0 Å². The predicted molar refractivity (Wildman–Crippen MR) is 65.2 cm³/mol. The summed E-state index contributed by atoms with van der Waals surface area (Å²) in [6.45, 7) is 2.56. The lowest BCUT2D eigenvalue weighted by Gasteiger charge is -2.17. The Bertz CT molecular complexity index is 422. The summed E-state index contributed by atoms with van der Waals surface area (Å²) in [5.41, 5.74) is 1.68. The molecule has 16 heavy (non-hydrogen) atoms. The van der Waals surface area contributed by atoms with E-state index in [4.69, 9.17) is 23.2 Å². The molecule has 0 aromatic carbocycles. The average molecular weight is 259 g/mol. The van der Waals surface area contributed by atoms with Crippen molar-refractivity contribution in [2.45, 2.75) is 13.3 Å². The molecule has 0 radical (unpaired) electrons. The molecule has 1 aliphatic rings. The van der Waals surface area contributed by atoms with E-state index in [0.717, 1.165) is 5.56 Å². The zero-order chi connectivity index (χ0) is 11.7. The summed E-state index contributed by atoms with van der Waals surface area (Å²) in [7, 11) is 0. The summed E-state index contributed by atoms with van der Waals surface area (Å²) >= 11 is 11.8. The second-order valence-electron chi connectivity index (χ2n) is 4.05.